The van der Waals surface area contributed by atoms with E-state index in [0.717, 1.165) is 5.56 Å². The van der Waals surface area contributed by atoms with Gasteiger partial charge in [-0.15, -0.1) is 0 Å². The summed E-state index contributed by atoms with van der Waals surface area (Å²) < 4.78 is 11.2. The number of amides is 1. The smallest absolute Gasteiger partial charge is 0.261 e. The minimum Gasteiger partial charge on any atom is -0.493 e. The van der Waals surface area contributed by atoms with Gasteiger partial charge < -0.3 is 14.8 Å². The quantitative estimate of drug-likeness (QED) is 0.553. The molecule has 5 nitrogen and oxygen atoms in total. The van der Waals surface area contributed by atoms with Crippen LogP contribution in [0.15, 0.2) is 52.5 Å². The third kappa shape index (κ3) is 5.11. The molecule has 6 heteroatoms. The molecule has 2 rings (SSSR count). The number of carbonyl (C=O) groups is 1. The molecule has 0 fully saturated rings. The van der Waals surface area contributed by atoms with E-state index in [2.05, 4.69) is 21.2 Å². The summed E-state index contributed by atoms with van der Waals surface area (Å²) in [4.78, 5) is 12.3. The number of hydrogen-bond acceptors (Lipinski definition) is 4. The molecular formula is C20H19BrN2O3. The fraction of sp³-hybridized carbons (Fsp3) is 0.200. The van der Waals surface area contributed by atoms with E-state index in [1.54, 1.807) is 19.2 Å². The van der Waals surface area contributed by atoms with Gasteiger partial charge in [-0.05, 0) is 51.7 Å². The zero-order valence-corrected chi connectivity index (χ0v) is 16.2. The van der Waals surface area contributed by atoms with Gasteiger partial charge in [0, 0.05) is 6.54 Å². The minimum absolute atomic E-state index is 0.0252. The van der Waals surface area contributed by atoms with E-state index in [-0.39, 0.29) is 5.57 Å². The summed E-state index contributed by atoms with van der Waals surface area (Å²) in [6.07, 6.45) is 2.22. The second-order valence-electron chi connectivity index (χ2n) is 5.40. The number of methoxy groups -OCH3 is 2. The van der Waals surface area contributed by atoms with Gasteiger partial charge >= 0.3 is 0 Å². The molecule has 0 aliphatic carbocycles. The highest BCUT2D eigenvalue weighted by Gasteiger charge is 2.12. The number of ether oxygens (including phenoxy) is 2. The summed E-state index contributed by atoms with van der Waals surface area (Å²) in [5.41, 5.74) is 1.81. The standard InChI is InChI=1S/C20H19BrN2O3/c1-25-18-12-15(11-17(21)19(18)26-2)10-16(13-22)20(24)23-9-8-14-6-4-3-5-7-14/h3-7,10-12H,8-9H2,1-2H3,(H,23,24)/b16-10+. The van der Waals surface area contributed by atoms with Crippen molar-refractivity contribution in [3.63, 3.8) is 0 Å². The maximum absolute atomic E-state index is 12.3. The fourth-order valence-corrected chi connectivity index (χ4v) is 3.02. The van der Waals surface area contributed by atoms with E-state index in [9.17, 15) is 10.1 Å². The van der Waals surface area contributed by atoms with Gasteiger partial charge in [0.25, 0.3) is 5.91 Å². The van der Waals surface area contributed by atoms with Gasteiger partial charge in [-0.25, -0.2) is 0 Å². The van der Waals surface area contributed by atoms with Gasteiger partial charge in [0.05, 0.1) is 18.7 Å². The second-order valence-corrected chi connectivity index (χ2v) is 6.25. The van der Waals surface area contributed by atoms with E-state index in [1.165, 1.54) is 13.2 Å². The number of benzene rings is 2. The summed E-state index contributed by atoms with van der Waals surface area (Å²) in [6.45, 7) is 0.456. The first-order valence-electron chi connectivity index (χ1n) is 7.94. The summed E-state index contributed by atoms with van der Waals surface area (Å²) in [7, 11) is 3.07. The summed E-state index contributed by atoms with van der Waals surface area (Å²) in [5, 5.41) is 12.1. The van der Waals surface area contributed by atoms with Crippen molar-refractivity contribution in [1.82, 2.24) is 5.32 Å². The van der Waals surface area contributed by atoms with Crippen LogP contribution in [-0.2, 0) is 11.2 Å². The highest BCUT2D eigenvalue weighted by atomic mass is 79.9. The summed E-state index contributed by atoms with van der Waals surface area (Å²) in [6, 6.07) is 15.2. The van der Waals surface area contributed by atoms with Crippen molar-refractivity contribution in [2.45, 2.75) is 6.42 Å². The fourth-order valence-electron chi connectivity index (χ4n) is 2.40. The summed E-state index contributed by atoms with van der Waals surface area (Å²) in [5.74, 6) is 0.653. The Labute approximate surface area is 161 Å². The largest absolute Gasteiger partial charge is 0.493 e. The molecule has 2 aromatic carbocycles. The van der Waals surface area contributed by atoms with Crippen molar-refractivity contribution in [3.05, 3.63) is 63.6 Å². The van der Waals surface area contributed by atoms with Crippen molar-refractivity contribution in [1.29, 1.82) is 5.26 Å². The van der Waals surface area contributed by atoms with Gasteiger partial charge in [0.1, 0.15) is 11.6 Å². The maximum atomic E-state index is 12.3. The van der Waals surface area contributed by atoms with Gasteiger partial charge in [0.15, 0.2) is 11.5 Å². The lowest BCUT2D eigenvalue weighted by molar-refractivity contribution is -0.117. The number of hydrogen-bond donors (Lipinski definition) is 1. The molecule has 0 saturated carbocycles. The topological polar surface area (TPSA) is 71.3 Å². The van der Waals surface area contributed by atoms with Gasteiger partial charge in [-0.2, -0.15) is 5.26 Å². The molecular weight excluding hydrogens is 396 g/mol. The van der Waals surface area contributed by atoms with Gasteiger partial charge in [0.2, 0.25) is 0 Å². The number of nitrogens with one attached hydrogen (secondary N) is 1. The van der Waals surface area contributed by atoms with Crippen LogP contribution in [0.4, 0.5) is 0 Å². The van der Waals surface area contributed by atoms with Crippen molar-refractivity contribution < 1.29 is 14.3 Å². The molecule has 2 aromatic rings. The second kappa shape index (κ2) is 9.64. The molecule has 0 unspecified atom stereocenters. The Hall–Kier alpha value is -2.78. The first kappa shape index (κ1) is 19.5. The van der Waals surface area contributed by atoms with Crippen LogP contribution in [0.25, 0.3) is 6.08 Å². The van der Waals surface area contributed by atoms with Crippen LogP contribution in [0.3, 0.4) is 0 Å². The molecule has 0 spiro atoms. The Morgan fingerprint density at radius 1 is 1.23 bits per heavy atom. The minimum atomic E-state index is -0.408. The molecule has 134 valence electrons. The molecule has 0 aliphatic rings. The van der Waals surface area contributed by atoms with E-state index in [1.807, 2.05) is 36.4 Å². The Morgan fingerprint density at radius 3 is 2.58 bits per heavy atom. The van der Waals surface area contributed by atoms with E-state index < -0.39 is 5.91 Å². The zero-order chi connectivity index (χ0) is 18.9. The highest BCUT2D eigenvalue weighted by molar-refractivity contribution is 9.10. The summed E-state index contributed by atoms with van der Waals surface area (Å²) >= 11 is 3.40. The predicted molar refractivity (Wildman–Crippen MR) is 104 cm³/mol. The van der Waals surface area contributed by atoms with Crippen LogP contribution in [0.2, 0.25) is 0 Å². The number of nitrogens with zero attached hydrogens (tertiary/aromatic N) is 1. The van der Waals surface area contributed by atoms with E-state index in [4.69, 9.17) is 9.47 Å². The average Bonchev–Trinajstić information content (AvgIpc) is 2.66. The van der Waals surface area contributed by atoms with Crippen LogP contribution in [0.1, 0.15) is 11.1 Å². The molecule has 0 aliphatic heterocycles. The molecule has 0 saturated heterocycles. The Morgan fingerprint density at radius 2 is 1.96 bits per heavy atom. The molecule has 0 atom stereocenters. The Balaban J connectivity index is 2.10. The number of nitriles is 1. The van der Waals surface area contributed by atoms with Crippen molar-refractivity contribution in [3.8, 4) is 17.6 Å². The van der Waals surface area contributed by atoms with Crippen LogP contribution in [0, 0.1) is 11.3 Å². The highest BCUT2D eigenvalue weighted by Crippen LogP contribution is 2.36. The number of halogens is 1. The zero-order valence-electron chi connectivity index (χ0n) is 14.6. The maximum Gasteiger partial charge on any atom is 0.261 e. The SMILES string of the molecule is COc1cc(/C=C(\C#N)C(=O)NCCc2ccccc2)cc(Br)c1OC. The number of rotatable bonds is 7. The molecule has 1 N–H and O–H groups in total. The van der Waals surface area contributed by atoms with Crippen molar-refractivity contribution >= 4 is 27.9 Å². The van der Waals surface area contributed by atoms with Crippen molar-refractivity contribution in [2.24, 2.45) is 0 Å². The molecule has 0 bridgehead atoms. The third-order valence-corrected chi connectivity index (χ3v) is 4.26. The molecule has 0 heterocycles. The monoisotopic (exact) mass is 414 g/mol. The molecule has 26 heavy (non-hydrogen) atoms. The lowest BCUT2D eigenvalue weighted by Crippen LogP contribution is -2.26. The first-order valence-corrected chi connectivity index (χ1v) is 8.73. The van der Waals surface area contributed by atoms with Crippen LogP contribution in [0.5, 0.6) is 11.5 Å². The normalized spacial score (nSPS) is 10.8. The van der Waals surface area contributed by atoms with E-state index in [0.29, 0.717) is 34.5 Å². The average molecular weight is 415 g/mol. The molecule has 0 radical (unpaired) electrons. The van der Waals surface area contributed by atoms with Gasteiger partial charge in [-0.3, -0.25) is 4.79 Å². The number of carbonyl (C=O) groups excluding carboxylic acids is 1. The Kier molecular flexibility index (Phi) is 7.24. The van der Waals surface area contributed by atoms with Crippen LogP contribution in [-0.4, -0.2) is 26.7 Å². The van der Waals surface area contributed by atoms with Crippen LogP contribution >= 0.6 is 15.9 Å². The lowest BCUT2D eigenvalue weighted by atomic mass is 10.1. The lowest BCUT2D eigenvalue weighted by Gasteiger charge is -2.10. The third-order valence-electron chi connectivity index (χ3n) is 3.67. The van der Waals surface area contributed by atoms with E-state index >= 15 is 0 Å². The van der Waals surface area contributed by atoms with Crippen molar-refractivity contribution in [2.75, 3.05) is 20.8 Å². The van der Waals surface area contributed by atoms with Crippen LogP contribution < -0.4 is 14.8 Å². The first-order chi connectivity index (χ1) is 12.6. The van der Waals surface area contributed by atoms with Gasteiger partial charge in [-0.1, -0.05) is 30.3 Å². The molecule has 1 amide bonds. The Bertz CT molecular complexity index is 842. The molecule has 0 aromatic heterocycles. The predicted octanol–water partition coefficient (Wildman–Crippen LogP) is 3.73.